The van der Waals surface area contributed by atoms with Crippen LogP contribution >= 0.6 is 11.6 Å². The van der Waals surface area contributed by atoms with Crippen LogP contribution in [0.4, 0.5) is 5.69 Å². The Labute approximate surface area is 111 Å². The van der Waals surface area contributed by atoms with E-state index in [4.69, 9.17) is 26.8 Å². The molecule has 0 aromatic heterocycles. The monoisotopic (exact) mass is 272 g/mol. The van der Waals surface area contributed by atoms with Gasteiger partial charge in [0.1, 0.15) is 0 Å². The third-order valence-electron chi connectivity index (χ3n) is 2.64. The molecule has 1 amide bonds. The summed E-state index contributed by atoms with van der Waals surface area (Å²) in [4.78, 5) is 11.6. The Bertz CT molecular complexity index is 424. The minimum Gasteiger partial charge on any atom is -0.367 e. The average molecular weight is 273 g/mol. The maximum atomic E-state index is 11.6. The first-order valence-electron chi connectivity index (χ1n) is 5.33. The Morgan fingerprint density at radius 2 is 2.06 bits per heavy atom. The molecule has 0 radical (unpaired) electrons. The minimum atomic E-state index is -1.20. The molecule has 100 valence electrons. The van der Waals surface area contributed by atoms with Crippen LogP contribution in [0.5, 0.6) is 0 Å². The summed E-state index contributed by atoms with van der Waals surface area (Å²) < 4.78 is 10.2. The number of nitrogens with one attached hydrogen (secondary N) is 1. The topological polar surface area (TPSA) is 73.6 Å². The molecule has 3 N–H and O–H groups in total. The van der Waals surface area contributed by atoms with E-state index < -0.39 is 17.7 Å². The van der Waals surface area contributed by atoms with Crippen LogP contribution in [0, 0.1) is 0 Å². The lowest BCUT2D eigenvalue weighted by Crippen LogP contribution is -2.57. The van der Waals surface area contributed by atoms with E-state index in [1.807, 2.05) is 0 Å². The lowest BCUT2D eigenvalue weighted by Gasteiger charge is -2.34. The number of ether oxygens (including phenoxy) is 2. The van der Waals surface area contributed by atoms with Gasteiger partial charge in [0.2, 0.25) is 5.91 Å². The summed E-state index contributed by atoms with van der Waals surface area (Å²) in [6.07, 6.45) is -0.811. The number of amides is 1. The zero-order valence-corrected chi connectivity index (χ0v) is 11.3. The van der Waals surface area contributed by atoms with Gasteiger partial charge in [0.25, 0.3) is 0 Å². The fraction of sp³-hybridized carbons (Fsp3) is 0.417. The van der Waals surface area contributed by atoms with E-state index in [1.54, 1.807) is 31.2 Å². The predicted molar refractivity (Wildman–Crippen MR) is 70.5 cm³/mol. The highest BCUT2D eigenvalue weighted by molar-refractivity contribution is 6.30. The Kier molecular flexibility index (Phi) is 4.95. The van der Waals surface area contributed by atoms with Gasteiger partial charge in [-0.2, -0.15) is 0 Å². The molecule has 1 aromatic rings. The molecule has 0 saturated carbocycles. The molecule has 1 unspecified atom stereocenters. The lowest BCUT2D eigenvalue weighted by molar-refractivity contribution is -0.155. The number of anilines is 1. The molecule has 0 aliphatic heterocycles. The van der Waals surface area contributed by atoms with Crippen molar-refractivity contribution in [2.75, 3.05) is 19.5 Å². The number of nitrogens with two attached hydrogens (primary N) is 1. The standard InChI is InChI=1S/C12H17ClN2O3/c1-12(10(14)16,11(17-2)18-3)15-9-6-4-5-8(13)7-9/h4-7,11,15H,1-3H3,(H2,14,16). The van der Waals surface area contributed by atoms with Gasteiger partial charge in [0.05, 0.1) is 0 Å². The van der Waals surface area contributed by atoms with Crippen LogP contribution in [-0.2, 0) is 14.3 Å². The van der Waals surface area contributed by atoms with Gasteiger partial charge in [-0.05, 0) is 25.1 Å². The van der Waals surface area contributed by atoms with Gasteiger partial charge in [0, 0.05) is 24.9 Å². The highest BCUT2D eigenvalue weighted by Crippen LogP contribution is 2.23. The van der Waals surface area contributed by atoms with Gasteiger partial charge < -0.3 is 20.5 Å². The molecule has 0 fully saturated rings. The van der Waals surface area contributed by atoms with Gasteiger partial charge in [-0.25, -0.2) is 0 Å². The number of primary amides is 1. The number of carbonyl (C=O) groups is 1. The highest BCUT2D eigenvalue weighted by atomic mass is 35.5. The number of hydrogen-bond donors (Lipinski definition) is 2. The zero-order valence-electron chi connectivity index (χ0n) is 10.6. The van der Waals surface area contributed by atoms with Crippen LogP contribution in [0.2, 0.25) is 5.02 Å². The molecule has 1 aromatic carbocycles. The maximum absolute atomic E-state index is 11.6. The first kappa shape index (κ1) is 14.8. The van der Waals surface area contributed by atoms with E-state index in [0.29, 0.717) is 10.7 Å². The Hall–Kier alpha value is -1.30. The third-order valence-corrected chi connectivity index (χ3v) is 2.88. The molecule has 1 atom stereocenters. The van der Waals surface area contributed by atoms with Crippen molar-refractivity contribution < 1.29 is 14.3 Å². The predicted octanol–water partition coefficient (Wildman–Crippen LogP) is 1.61. The van der Waals surface area contributed by atoms with E-state index in [2.05, 4.69) is 5.32 Å². The normalized spacial score (nSPS) is 14.3. The molecular formula is C12H17ClN2O3. The third kappa shape index (κ3) is 3.13. The molecular weight excluding hydrogens is 256 g/mol. The second-order valence-electron chi connectivity index (χ2n) is 4.01. The smallest absolute Gasteiger partial charge is 0.248 e. The average Bonchev–Trinajstić information content (AvgIpc) is 2.30. The number of halogens is 1. The fourth-order valence-corrected chi connectivity index (χ4v) is 1.86. The van der Waals surface area contributed by atoms with Crippen molar-refractivity contribution >= 4 is 23.2 Å². The summed E-state index contributed by atoms with van der Waals surface area (Å²) in [5.74, 6) is -0.587. The number of carbonyl (C=O) groups excluding carboxylic acids is 1. The first-order valence-corrected chi connectivity index (χ1v) is 5.71. The van der Waals surface area contributed by atoms with Crippen LogP contribution in [0.3, 0.4) is 0 Å². The van der Waals surface area contributed by atoms with Crippen LogP contribution in [-0.4, -0.2) is 32.0 Å². The van der Waals surface area contributed by atoms with E-state index >= 15 is 0 Å². The van der Waals surface area contributed by atoms with Crippen molar-refractivity contribution in [1.29, 1.82) is 0 Å². The second-order valence-corrected chi connectivity index (χ2v) is 4.44. The molecule has 0 aliphatic rings. The summed E-state index contributed by atoms with van der Waals surface area (Å²) in [7, 11) is 2.88. The Morgan fingerprint density at radius 3 is 2.50 bits per heavy atom. The van der Waals surface area contributed by atoms with Gasteiger partial charge in [-0.15, -0.1) is 0 Å². The van der Waals surface area contributed by atoms with Crippen molar-refractivity contribution in [3.8, 4) is 0 Å². The summed E-state index contributed by atoms with van der Waals surface area (Å²) >= 11 is 5.88. The summed E-state index contributed by atoms with van der Waals surface area (Å²) in [5.41, 5.74) is 4.87. The highest BCUT2D eigenvalue weighted by Gasteiger charge is 2.41. The molecule has 6 heteroatoms. The van der Waals surface area contributed by atoms with Crippen molar-refractivity contribution in [1.82, 2.24) is 0 Å². The second kappa shape index (κ2) is 6.04. The van der Waals surface area contributed by atoms with E-state index in [-0.39, 0.29) is 0 Å². The Morgan fingerprint density at radius 1 is 1.44 bits per heavy atom. The largest absolute Gasteiger partial charge is 0.367 e. The lowest BCUT2D eigenvalue weighted by atomic mass is 10.00. The van der Waals surface area contributed by atoms with E-state index in [1.165, 1.54) is 14.2 Å². The van der Waals surface area contributed by atoms with Crippen molar-refractivity contribution in [3.05, 3.63) is 29.3 Å². The van der Waals surface area contributed by atoms with Gasteiger partial charge >= 0.3 is 0 Å². The number of methoxy groups -OCH3 is 2. The minimum absolute atomic E-state index is 0.554. The molecule has 5 nitrogen and oxygen atoms in total. The molecule has 1 rings (SSSR count). The van der Waals surface area contributed by atoms with E-state index in [0.717, 1.165) is 0 Å². The van der Waals surface area contributed by atoms with Crippen LogP contribution < -0.4 is 11.1 Å². The molecule has 0 saturated heterocycles. The molecule has 0 bridgehead atoms. The number of rotatable bonds is 6. The fourth-order valence-electron chi connectivity index (χ4n) is 1.67. The van der Waals surface area contributed by atoms with Gasteiger partial charge in [0.15, 0.2) is 11.8 Å². The van der Waals surface area contributed by atoms with Crippen molar-refractivity contribution in [3.63, 3.8) is 0 Å². The summed E-state index contributed by atoms with van der Waals surface area (Å²) in [6, 6.07) is 6.96. The number of benzene rings is 1. The quantitative estimate of drug-likeness (QED) is 0.772. The summed E-state index contributed by atoms with van der Waals surface area (Å²) in [5, 5.41) is 3.54. The maximum Gasteiger partial charge on any atom is 0.248 e. The van der Waals surface area contributed by atoms with Gasteiger partial charge in [-0.1, -0.05) is 17.7 Å². The molecule has 0 heterocycles. The Balaban J connectivity index is 3.03. The number of hydrogen-bond acceptors (Lipinski definition) is 4. The first-order chi connectivity index (χ1) is 8.43. The van der Waals surface area contributed by atoms with Crippen LogP contribution in [0.25, 0.3) is 0 Å². The van der Waals surface area contributed by atoms with Crippen LogP contribution in [0.15, 0.2) is 24.3 Å². The SMILES string of the molecule is COC(OC)C(C)(Nc1cccc(Cl)c1)C(N)=O. The summed E-state index contributed by atoms with van der Waals surface area (Å²) in [6.45, 7) is 1.61. The van der Waals surface area contributed by atoms with Crippen molar-refractivity contribution in [2.45, 2.75) is 18.8 Å². The van der Waals surface area contributed by atoms with Crippen molar-refractivity contribution in [2.24, 2.45) is 5.73 Å². The molecule has 18 heavy (non-hydrogen) atoms. The molecule has 0 aliphatic carbocycles. The van der Waals surface area contributed by atoms with E-state index in [9.17, 15) is 4.79 Å². The zero-order chi connectivity index (χ0) is 13.8. The molecule has 0 spiro atoms. The van der Waals surface area contributed by atoms with Gasteiger partial charge in [-0.3, -0.25) is 4.79 Å². The van der Waals surface area contributed by atoms with Crippen LogP contribution in [0.1, 0.15) is 6.92 Å².